The van der Waals surface area contributed by atoms with Crippen LogP contribution in [0.1, 0.15) is 35.3 Å². The van der Waals surface area contributed by atoms with Gasteiger partial charge < -0.3 is 15.5 Å². The van der Waals surface area contributed by atoms with E-state index in [0.29, 0.717) is 13.0 Å². The van der Waals surface area contributed by atoms with Gasteiger partial charge >= 0.3 is 0 Å². The molecule has 1 fully saturated rings. The van der Waals surface area contributed by atoms with Crippen LogP contribution >= 0.6 is 0 Å². The quantitative estimate of drug-likeness (QED) is 0.684. The Kier molecular flexibility index (Phi) is 6.80. The van der Waals surface area contributed by atoms with E-state index in [4.69, 9.17) is 0 Å². The van der Waals surface area contributed by atoms with Crippen molar-refractivity contribution in [1.29, 1.82) is 0 Å². The Morgan fingerprint density at radius 3 is 2.42 bits per heavy atom. The molecule has 1 aliphatic rings. The predicted molar refractivity (Wildman–Crippen MR) is 120 cm³/mol. The second-order valence-corrected chi connectivity index (χ2v) is 8.88. The smallest absolute Gasteiger partial charge is 0.253 e. The van der Waals surface area contributed by atoms with Gasteiger partial charge in [0.05, 0.1) is 11.5 Å². The molecule has 0 aliphatic heterocycles. The summed E-state index contributed by atoms with van der Waals surface area (Å²) in [4.78, 5) is 26.7. The number of hydrogen-bond acceptors (Lipinski definition) is 3. The summed E-state index contributed by atoms with van der Waals surface area (Å²) in [7, 11) is 5.36. The molecule has 2 N–H and O–H groups in total. The molecule has 0 radical (unpaired) electrons. The van der Waals surface area contributed by atoms with E-state index >= 15 is 0 Å². The van der Waals surface area contributed by atoms with Crippen LogP contribution in [-0.2, 0) is 16.6 Å². The third-order valence-electron chi connectivity index (χ3n) is 6.88. The molecule has 31 heavy (non-hydrogen) atoms. The zero-order valence-electron chi connectivity index (χ0n) is 18.9. The molecule has 2 aromatic carbocycles. The van der Waals surface area contributed by atoms with E-state index < -0.39 is 11.7 Å². The van der Waals surface area contributed by atoms with E-state index in [0.717, 1.165) is 5.56 Å². The molecule has 6 heteroatoms. The molecule has 5 nitrogen and oxygen atoms in total. The second kappa shape index (κ2) is 9.18. The average molecular weight is 426 g/mol. The highest BCUT2D eigenvalue weighted by Crippen LogP contribution is 2.59. The van der Waals surface area contributed by atoms with E-state index in [1.165, 1.54) is 24.7 Å². The highest BCUT2D eigenvalue weighted by Gasteiger charge is 2.62. The first-order chi connectivity index (χ1) is 14.7. The average Bonchev–Trinajstić information content (AvgIpc) is 3.32. The summed E-state index contributed by atoms with van der Waals surface area (Å²) in [6.45, 7) is 4.74. The summed E-state index contributed by atoms with van der Waals surface area (Å²) in [5, 5.41) is 5.55. The van der Waals surface area contributed by atoms with Crippen molar-refractivity contribution in [2.45, 2.75) is 31.7 Å². The van der Waals surface area contributed by atoms with Gasteiger partial charge in [-0.05, 0) is 49.7 Å². The molecule has 1 saturated carbocycles. The fraction of sp³-hybridized carbons (Fsp3) is 0.440. The van der Waals surface area contributed by atoms with E-state index in [1.54, 1.807) is 6.07 Å². The van der Waals surface area contributed by atoms with Gasteiger partial charge in [-0.25, -0.2) is 4.39 Å². The molecular weight excluding hydrogens is 393 g/mol. The molecule has 1 aliphatic carbocycles. The van der Waals surface area contributed by atoms with Crippen LogP contribution in [0.2, 0.25) is 0 Å². The van der Waals surface area contributed by atoms with Gasteiger partial charge in [0.15, 0.2) is 0 Å². The summed E-state index contributed by atoms with van der Waals surface area (Å²) < 4.78 is 14.3. The SMILES string of the molecule is CNC(=O)c1ccc(C[C@@H](CNC(=O)[C@@H]2[C@H](C)C2(C)c2ccccc2)N(C)C)cc1F. The van der Waals surface area contributed by atoms with Gasteiger partial charge in [-0.2, -0.15) is 0 Å². The van der Waals surface area contributed by atoms with Crippen molar-refractivity contribution in [3.8, 4) is 0 Å². The largest absolute Gasteiger partial charge is 0.355 e. The zero-order chi connectivity index (χ0) is 22.8. The number of nitrogens with one attached hydrogen (secondary N) is 2. The lowest BCUT2D eigenvalue weighted by Crippen LogP contribution is -2.42. The minimum atomic E-state index is -0.538. The molecule has 4 atom stereocenters. The maximum Gasteiger partial charge on any atom is 0.253 e. The fourth-order valence-electron chi connectivity index (χ4n) is 4.51. The topological polar surface area (TPSA) is 61.4 Å². The molecule has 2 amide bonds. The molecule has 0 bridgehead atoms. The molecule has 1 unspecified atom stereocenters. The lowest BCUT2D eigenvalue weighted by atomic mass is 9.94. The van der Waals surface area contributed by atoms with Crippen LogP contribution in [0.3, 0.4) is 0 Å². The highest BCUT2D eigenvalue weighted by atomic mass is 19.1. The molecule has 2 aromatic rings. The Morgan fingerprint density at radius 2 is 1.84 bits per heavy atom. The number of nitrogens with zero attached hydrogens (tertiary/aromatic N) is 1. The van der Waals surface area contributed by atoms with Crippen molar-refractivity contribution in [3.63, 3.8) is 0 Å². The van der Waals surface area contributed by atoms with E-state index in [9.17, 15) is 14.0 Å². The number of carbonyl (C=O) groups is 2. The van der Waals surface area contributed by atoms with Gasteiger partial charge in [0.1, 0.15) is 5.82 Å². The number of hydrogen-bond donors (Lipinski definition) is 2. The standard InChI is InChI=1S/C25H32FN3O2/c1-16-22(25(16,2)18-9-7-6-8-10-18)24(31)28-15-19(29(4)5)13-17-11-12-20(21(26)14-17)23(30)27-3/h6-12,14,16,19,22H,13,15H2,1-5H3,(H,27,30)(H,28,31)/t16-,19-,22-,25?/m0/s1. The van der Waals surface area contributed by atoms with Crippen LogP contribution in [0.5, 0.6) is 0 Å². The zero-order valence-corrected chi connectivity index (χ0v) is 18.9. The van der Waals surface area contributed by atoms with Crippen LogP contribution < -0.4 is 10.6 Å². The van der Waals surface area contributed by atoms with Crippen LogP contribution in [0.15, 0.2) is 48.5 Å². The third-order valence-corrected chi connectivity index (χ3v) is 6.88. The van der Waals surface area contributed by atoms with Gasteiger partial charge in [-0.3, -0.25) is 9.59 Å². The van der Waals surface area contributed by atoms with Gasteiger partial charge in [-0.15, -0.1) is 0 Å². The molecule has 166 valence electrons. The number of carbonyl (C=O) groups excluding carboxylic acids is 2. The number of amides is 2. The Hall–Kier alpha value is -2.73. The van der Waals surface area contributed by atoms with Crippen molar-refractivity contribution >= 4 is 11.8 Å². The van der Waals surface area contributed by atoms with Gasteiger partial charge in [0.2, 0.25) is 5.91 Å². The Labute approximate surface area is 184 Å². The number of halogens is 1. The second-order valence-electron chi connectivity index (χ2n) is 8.88. The van der Waals surface area contributed by atoms with Gasteiger partial charge in [-0.1, -0.05) is 50.2 Å². The molecule has 0 saturated heterocycles. The maximum absolute atomic E-state index is 14.3. The normalized spacial score (nSPS) is 23.3. The summed E-state index contributed by atoms with van der Waals surface area (Å²) >= 11 is 0. The fourth-order valence-corrected chi connectivity index (χ4v) is 4.51. The predicted octanol–water partition coefficient (Wildman–Crippen LogP) is 3.00. The van der Waals surface area contributed by atoms with Crippen LogP contribution in [0.25, 0.3) is 0 Å². The van der Waals surface area contributed by atoms with Crippen LogP contribution in [0.4, 0.5) is 4.39 Å². The summed E-state index contributed by atoms with van der Waals surface area (Å²) in [5.74, 6) is -0.697. The lowest BCUT2D eigenvalue weighted by molar-refractivity contribution is -0.123. The number of likely N-dealkylation sites (N-methyl/N-ethyl adjacent to an activating group) is 1. The first kappa shape index (κ1) is 22.9. The highest BCUT2D eigenvalue weighted by molar-refractivity contribution is 5.94. The maximum atomic E-state index is 14.3. The third kappa shape index (κ3) is 4.64. The molecular formula is C25H32FN3O2. The van der Waals surface area contributed by atoms with E-state index in [2.05, 4.69) is 36.6 Å². The van der Waals surface area contributed by atoms with Crippen molar-refractivity contribution in [2.24, 2.45) is 11.8 Å². The summed E-state index contributed by atoms with van der Waals surface area (Å²) in [6.07, 6.45) is 0.564. The van der Waals surface area contributed by atoms with Crippen LogP contribution in [0, 0.1) is 17.7 Å². The first-order valence-corrected chi connectivity index (χ1v) is 10.7. The first-order valence-electron chi connectivity index (χ1n) is 10.7. The number of benzene rings is 2. The minimum absolute atomic E-state index is 0.00578. The van der Waals surface area contributed by atoms with Crippen LogP contribution in [-0.4, -0.2) is 50.4 Å². The Bertz CT molecular complexity index is 947. The Morgan fingerprint density at radius 1 is 1.16 bits per heavy atom. The van der Waals surface area contributed by atoms with Crippen molar-refractivity contribution in [1.82, 2.24) is 15.5 Å². The van der Waals surface area contributed by atoms with E-state index in [1.807, 2.05) is 37.2 Å². The Balaban J connectivity index is 1.63. The number of rotatable bonds is 8. The minimum Gasteiger partial charge on any atom is -0.355 e. The van der Waals surface area contributed by atoms with E-state index in [-0.39, 0.29) is 34.8 Å². The van der Waals surface area contributed by atoms with Crippen molar-refractivity contribution in [2.75, 3.05) is 27.7 Å². The monoisotopic (exact) mass is 425 g/mol. The van der Waals surface area contributed by atoms with Gasteiger partial charge in [0, 0.05) is 25.0 Å². The molecule has 0 aromatic heterocycles. The molecule has 3 rings (SSSR count). The molecule has 0 spiro atoms. The van der Waals surface area contributed by atoms with Gasteiger partial charge in [0.25, 0.3) is 5.91 Å². The molecule has 0 heterocycles. The summed E-state index contributed by atoms with van der Waals surface area (Å²) in [5.41, 5.74) is 1.87. The lowest BCUT2D eigenvalue weighted by Gasteiger charge is -2.25. The van der Waals surface area contributed by atoms with Crippen molar-refractivity contribution in [3.05, 3.63) is 71.0 Å². The summed E-state index contributed by atoms with van der Waals surface area (Å²) in [6, 6.07) is 14.9. The van der Waals surface area contributed by atoms with Crippen molar-refractivity contribution < 1.29 is 14.0 Å².